The average Bonchev–Trinajstić information content (AvgIpc) is 2.50. The molecule has 0 saturated heterocycles. The van der Waals surface area contributed by atoms with Gasteiger partial charge in [-0.15, -0.1) is 0 Å². The number of rotatable bonds is 6. The van der Waals surface area contributed by atoms with Gasteiger partial charge in [0.2, 0.25) is 0 Å². The maximum Gasteiger partial charge on any atom is 0.160 e. The Hall–Kier alpha value is -1.00. The Morgan fingerprint density at radius 2 is 2.10 bits per heavy atom. The molecule has 0 bridgehead atoms. The summed E-state index contributed by atoms with van der Waals surface area (Å²) in [5, 5.41) is 0. The molecule has 1 saturated carbocycles. The lowest BCUT2D eigenvalue weighted by molar-refractivity contribution is -0.0838. The van der Waals surface area contributed by atoms with Gasteiger partial charge in [-0.05, 0) is 51.0 Å². The zero-order valence-corrected chi connectivity index (χ0v) is 13.6. The van der Waals surface area contributed by atoms with E-state index in [0.717, 1.165) is 43.1 Å². The number of ether oxygens (including phenoxy) is 1. The number of hydrogen-bond donors (Lipinski definition) is 1. The number of nitrogens with two attached hydrogens (primary N) is 1. The highest BCUT2D eigenvalue weighted by atomic mass is 16.5. The molecule has 4 heteroatoms. The highest BCUT2D eigenvalue weighted by Crippen LogP contribution is 2.41. The summed E-state index contributed by atoms with van der Waals surface area (Å²) in [6.07, 6.45) is 8.04. The molecule has 1 aliphatic carbocycles. The summed E-state index contributed by atoms with van der Waals surface area (Å²) in [5.74, 6) is 1.63. The lowest BCUT2D eigenvalue weighted by atomic mass is 9.78. The van der Waals surface area contributed by atoms with Crippen molar-refractivity contribution in [1.82, 2.24) is 9.97 Å². The van der Waals surface area contributed by atoms with E-state index in [2.05, 4.69) is 25.8 Å². The van der Waals surface area contributed by atoms with Crippen molar-refractivity contribution < 1.29 is 4.74 Å². The van der Waals surface area contributed by atoms with Gasteiger partial charge in [-0.2, -0.15) is 0 Å². The van der Waals surface area contributed by atoms with Gasteiger partial charge in [-0.1, -0.05) is 13.8 Å². The van der Waals surface area contributed by atoms with E-state index >= 15 is 0 Å². The molecule has 1 aromatic rings. The first kappa shape index (κ1) is 16.4. The quantitative estimate of drug-likeness (QED) is 0.874. The lowest BCUT2D eigenvalue weighted by Gasteiger charge is -2.37. The third-order valence-electron chi connectivity index (χ3n) is 4.62. The van der Waals surface area contributed by atoms with Crippen molar-refractivity contribution in [2.24, 2.45) is 11.7 Å². The van der Waals surface area contributed by atoms with Crippen LogP contribution in [0.1, 0.15) is 64.4 Å². The van der Waals surface area contributed by atoms with Gasteiger partial charge < -0.3 is 10.5 Å². The number of nitrogens with zero attached hydrogens (tertiary/aromatic N) is 2. The van der Waals surface area contributed by atoms with Crippen molar-refractivity contribution in [1.29, 1.82) is 0 Å². The van der Waals surface area contributed by atoms with E-state index in [1.807, 2.05) is 12.3 Å². The average molecular weight is 291 g/mol. The van der Waals surface area contributed by atoms with Gasteiger partial charge in [0.1, 0.15) is 5.60 Å². The van der Waals surface area contributed by atoms with E-state index in [4.69, 9.17) is 15.5 Å². The van der Waals surface area contributed by atoms with Crippen LogP contribution in [0.3, 0.4) is 0 Å². The monoisotopic (exact) mass is 291 g/mol. The van der Waals surface area contributed by atoms with Gasteiger partial charge in [0.25, 0.3) is 0 Å². The molecule has 118 valence electrons. The molecular formula is C17H29N3O. The molecule has 0 aliphatic heterocycles. The molecule has 21 heavy (non-hydrogen) atoms. The second-order valence-electron chi connectivity index (χ2n) is 6.35. The van der Waals surface area contributed by atoms with Gasteiger partial charge in [0.15, 0.2) is 5.82 Å². The molecule has 1 heterocycles. The first-order valence-corrected chi connectivity index (χ1v) is 8.31. The fourth-order valence-corrected chi connectivity index (χ4v) is 3.08. The Kier molecular flexibility index (Phi) is 5.71. The van der Waals surface area contributed by atoms with Crippen molar-refractivity contribution in [3.8, 4) is 0 Å². The normalized spacial score (nSPS) is 27.5. The minimum atomic E-state index is -0.284. The highest BCUT2D eigenvalue weighted by molar-refractivity contribution is 5.11. The minimum absolute atomic E-state index is 0.169. The van der Waals surface area contributed by atoms with Crippen LogP contribution >= 0.6 is 0 Å². The predicted octanol–water partition coefficient (Wildman–Crippen LogP) is 3.20. The Morgan fingerprint density at radius 3 is 2.71 bits per heavy atom. The van der Waals surface area contributed by atoms with Crippen molar-refractivity contribution in [2.45, 2.75) is 70.9 Å². The second kappa shape index (κ2) is 7.32. The Balaban J connectivity index is 2.22. The van der Waals surface area contributed by atoms with E-state index in [1.165, 1.54) is 12.8 Å². The Morgan fingerprint density at radius 1 is 1.38 bits per heavy atom. The maximum absolute atomic E-state index is 6.13. The van der Waals surface area contributed by atoms with E-state index in [9.17, 15) is 0 Å². The van der Waals surface area contributed by atoms with Gasteiger partial charge in [-0.3, -0.25) is 0 Å². The van der Waals surface area contributed by atoms with Crippen LogP contribution in [0.25, 0.3) is 0 Å². The van der Waals surface area contributed by atoms with Crippen LogP contribution in [-0.4, -0.2) is 22.6 Å². The van der Waals surface area contributed by atoms with Crippen molar-refractivity contribution in [3.63, 3.8) is 0 Å². The maximum atomic E-state index is 6.13. The van der Waals surface area contributed by atoms with Gasteiger partial charge in [-0.25, -0.2) is 9.97 Å². The fourth-order valence-electron chi connectivity index (χ4n) is 3.08. The molecule has 1 aliphatic rings. The molecule has 0 amide bonds. The molecule has 1 fully saturated rings. The van der Waals surface area contributed by atoms with Crippen molar-refractivity contribution >= 4 is 0 Å². The molecule has 1 aromatic heterocycles. The summed E-state index contributed by atoms with van der Waals surface area (Å²) in [5.41, 5.74) is 6.80. The van der Waals surface area contributed by atoms with Crippen LogP contribution in [0, 0.1) is 5.92 Å². The molecular weight excluding hydrogens is 262 g/mol. The van der Waals surface area contributed by atoms with Crippen LogP contribution in [0.15, 0.2) is 12.3 Å². The van der Waals surface area contributed by atoms with E-state index < -0.39 is 0 Å². The van der Waals surface area contributed by atoms with Crippen LogP contribution in [0.2, 0.25) is 0 Å². The van der Waals surface area contributed by atoms with E-state index in [0.29, 0.717) is 6.61 Å². The van der Waals surface area contributed by atoms with Crippen molar-refractivity contribution in [2.75, 3.05) is 6.61 Å². The summed E-state index contributed by atoms with van der Waals surface area (Å²) >= 11 is 0. The SMILES string of the molecule is CCOC1(c2nccc(CC(N)CC)n2)CCC(C)CC1. The molecule has 1 atom stereocenters. The Labute approximate surface area is 128 Å². The largest absolute Gasteiger partial charge is 0.367 e. The van der Waals surface area contributed by atoms with Gasteiger partial charge in [0.05, 0.1) is 0 Å². The first-order chi connectivity index (χ1) is 10.1. The standard InChI is InChI=1S/C17H29N3O/c1-4-14(18)12-15-8-11-19-16(20-15)17(21-5-2)9-6-13(3)7-10-17/h8,11,13-14H,4-7,9-10,12,18H2,1-3H3. The van der Waals surface area contributed by atoms with Gasteiger partial charge >= 0.3 is 0 Å². The molecule has 4 nitrogen and oxygen atoms in total. The first-order valence-electron chi connectivity index (χ1n) is 8.31. The lowest BCUT2D eigenvalue weighted by Crippen LogP contribution is -2.36. The van der Waals surface area contributed by atoms with E-state index in [-0.39, 0.29) is 11.6 Å². The summed E-state index contributed by atoms with van der Waals surface area (Å²) in [6, 6.07) is 2.14. The molecule has 0 aromatic carbocycles. The molecule has 2 N–H and O–H groups in total. The summed E-state index contributed by atoms with van der Waals surface area (Å²) in [7, 11) is 0. The van der Waals surface area contributed by atoms with Gasteiger partial charge in [0, 0.05) is 31.0 Å². The second-order valence-corrected chi connectivity index (χ2v) is 6.35. The molecule has 0 spiro atoms. The van der Waals surface area contributed by atoms with Crippen LogP contribution < -0.4 is 5.73 Å². The third-order valence-corrected chi connectivity index (χ3v) is 4.62. The fraction of sp³-hybridized carbons (Fsp3) is 0.765. The summed E-state index contributed by atoms with van der Waals surface area (Å²) < 4.78 is 6.13. The topological polar surface area (TPSA) is 61.0 Å². The smallest absolute Gasteiger partial charge is 0.160 e. The van der Waals surface area contributed by atoms with Crippen LogP contribution in [-0.2, 0) is 16.8 Å². The summed E-state index contributed by atoms with van der Waals surface area (Å²) in [6.45, 7) is 7.18. The number of hydrogen-bond acceptors (Lipinski definition) is 4. The predicted molar refractivity (Wildman–Crippen MR) is 84.9 cm³/mol. The van der Waals surface area contributed by atoms with Crippen LogP contribution in [0.5, 0.6) is 0 Å². The number of aromatic nitrogens is 2. The van der Waals surface area contributed by atoms with E-state index in [1.54, 1.807) is 0 Å². The molecule has 0 radical (unpaired) electrons. The molecule has 1 unspecified atom stereocenters. The van der Waals surface area contributed by atoms with Crippen molar-refractivity contribution in [3.05, 3.63) is 23.8 Å². The minimum Gasteiger partial charge on any atom is -0.367 e. The van der Waals surface area contributed by atoms with Crippen LogP contribution in [0.4, 0.5) is 0 Å². The summed E-state index contributed by atoms with van der Waals surface area (Å²) in [4.78, 5) is 9.32. The third kappa shape index (κ3) is 4.01. The molecule has 2 rings (SSSR count). The highest BCUT2D eigenvalue weighted by Gasteiger charge is 2.39. The zero-order chi connectivity index (χ0) is 15.3. The zero-order valence-electron chi connectivity index (χ0n) is 13.6. The Bertz CT molecular complexity index is 441.